The highest BCUT2D eigenvalue weighted by molar-refractivity contribution is 5.79. The number of aryl methyl sites for hydroxylation is 1. The van der Waals surface area contributed by atoms with E-state index < -0.39 is 0 Å². The van der Waals surface area contributed by atoms with Crippen molar-refractivity contribution in [3.8, 4) is 11.5 Å². The van der Waals surface area contributed by atoms with Crippen LogP contribution >= 0.6 is 0 Å². The van der Waals surface area contributed by atoms with Crippen molar-refractivity contribution in [3.63, 3.8) is 0 Å². The summed E-state index contributed by atoms with van der Waals surface area (Å²) in [6.07, 6.45) is 0.296. The van der Waals surface area contributed by atoms with Gasteiger partial charge in [0.2, 0.25) is 5.91 Å². The summed E-state index contributed by atoms with van der Waals surface area (Å²) in [5.41, 5.74) is 5.22. The molecular formula is C28H31N3O3. The Hall–Kier alpha value is -3.80. The monoisotopic (exact) mass is 457 g/mol. The minimum atomic E-state index is -0.251. The lowest BCUT2D eigenvalue weighted by molar-refractivity contribution is -0.121. The zero-order chi connectivity index (χ0) is 24.1. The van der Waals surface area contributed by atoms with Gasteiger partial charge >= 0.3 is 0 Å². The summed E-state index contributed by atoms with van der Waals surface area (Å²) in [5.74, 6) is 2.43. The average molecular weight is 458 g/mol. The predicted octanol–water partition coefficient (Wildman–Crippen LogP) is 5.16. The molecule has 4 aromatic rings. The molecule has 0 saturated carbocycles. The van der Waals surface area contributed by atoms with E-state index in [1.807, 2.05) is 61.5 Å². The maximum atomic E-state index is 12.7. The van der Waals surface area contributed by atoms with Crippen LogP contribution in [0.4, 0.5) is 0 Å². The number of methoxy groups -OCH3 is 1. The Bertz CT molecular complexity index is 1280. The first-order valence-corrected chi connectivity index (χ1v) is 11.5. The van der Waals surface area contributed by atoms with Crippen LogP contribution in [0.3, 0.4) is 0 Å². The van der Waals surface area contributed by atoms with Crippen molar-refractivity contribution < 1.29 is 14.3 Å². The van der Waals surface area contributed by atoms with Crippen molar-refractivity contribution in [2.75, 3.05) is 13.7 Å². The van der Waals surface area contributed by atoms with E-state index in [0.717, 1.165) is 39.5 Å². The van der Waals surface area contributed by atoms with Crippen LogP contribution in [0.1, 0.15) is 35.5 Å². The quantitative estimate of drug-likeness (QED) is 0.377. The number of nitrogens with one attached hydrogen (secondary N) is 1. The smallest absolute Gasteiger partial charge is 0.224 e. The Morgan fingerprint density at radius 2 is 1.79 bits per heavy atom. The van der Waals surface area contributed by atoms with Crippen molar-refractivity contribution in [2.45, 2.75) is 39.8 Å². The molecule has 0 aliphatic carbocycles. The molecule has 6 heteroatoms. The largest absolute Gasteiger partial charge is 0.497 e. The summed E-state index contributed by atoms with van der Waals surface area (Å²) in [4.78, 5) is 17.6. The van der Waals surface area contributed by atoms with Gasteiger partial charge in [0, 0.05) is 0 Å². The number of amides is 1. The first-order chi connectivity index (χ1) is 16.5. The predicted molar refractivity (Wildman–Crippen MR) is 134 cm³/mol. The highest BCUT2D eigenvalue weighted by Gasteiger charge is 2.19. The summed E-state index contributed by atoms with van der Waals surface area (Å²) < 4.78 is 13.4. The van der Waals surface area contributed by atoms with E-state index in [0.29, 0.717) is 19.6 Å². The molecule has 1 heterocycles. The highest BCUT2D eigenvalue weighted by Crippen LogP contribution is 2.23. The topological polar surface area (TPSA) is 65.4 Å². The van der Waals surface area contributed by atoms with E-state index in [1.165, 1.54) is 5.56 Å². The van der Waals surface area contributed by atoms with E-state index in [9.17, 15) is 4.79 Å². The van der Waals surface area contributed by atoms with Crippen LogP contribution < -0.4 is 14.8 Å². The third kappa shape index (κ3) is 5.22. The van der Waals surface area contributed by atoms with E-state index >= 15 is 0 Å². The van der Waals surface area contributed by atoms with Crippen LogP contribution in [-0.2, 0) is 17.8 Å². The fourth-order valence-electron chi connectivity index (χ4n) is 4.07. The van der Waals surface area contributed by atoms with Gasteiger partial charge in [-0.3, -0.25) is 4.79 Å². The number of fused-ring (bicyclic) bond motifs is 1. The van der Waals surface area contributed by atoms with Crippen molar-refractivity contribution in [1.82, 2.24) is 14.9 Å². The molecule has 1 aromatic heterocycles. The second kappa shape index (κ2) is 10.4. The molecule has 1 atom stereocenters. The second-order valence-corrected chi connectivity index (χ2v) is 8.47. The number of benzene rings is 3. The van der Waals surface area contributed by atoms with E-state index in [1.54, 1.807) is 7.11 Å². The third-order valence-corrected chi connectivity index (χ3v) is 6.10. The average Bonchev–Trinajstić information content (AvgIpc) is 3.21. The SMILES string of the molecule is COc1ccc(CC(=O)NC(C)c2nc3ccccc3n2CCOc2cccc(C)c2C)cc1. The fourth-order valence-corrected chi connectivity index (χ4v) is 4.07. The number of hydrogen-bond acceptors (Lipinski definition) is 4. The molecule has 0 saturated heterocycles. The van der Waals surface area contributed by atoms with Crippen molar-refractivity contribution in [2.24, 2.45) is 0 Å². The zero-order valence-corrected chi connectivity index (χ0v) is 20.2. The number of carbonyl (C=O) groups excluding carboxylic acids is 1. The fraction of sp³-hybridized carbons (Fsp3) is 0.286. The van der Waals surface area contributed by atoms with Crippen LogP contribution in [-0.4, -0.2) is 29.2 Å². The maximum absolute atomic E-state index is 12.7. The van der Waals surface area contributed by atoms with Crippen LogP contribution in [0.25, 0.3) is 11.0 Å². The van der Waals surface area contributed by atoms with Gasteiger partial charge in [-0.1, -0.05) is 36.4 Å². The lowest BCUT2D eigenvalue weighted by Crippen LogP contribution is -2.30. The minimum Gasteiger partial charge on any atom is -0.497 e. The van der Waals surface area contributed by atoms with Crippen LogP contribution in [0.15, 0.2) is 66.7 Å². The van der Waals surface area contributed by atoms with Gasteiger partial charge in [0.05, 0.1) is 37.2 Å². The number of aromatic nitrogens is 2. The number of carbonyl (C=O) groups is 1. The normalized spacial score (nSPS) is 11.9. The Balaban J connectivity index is 1.48. The van der Waals surface area contributed by atoms with Gasteiger partial charge in [0.25, 0.3) is 0 Å². The van der Waals surface area contributed by atoms with Crippen LogP contribution in [0.2, 0.25) is 0 Å². The van der Waals surface area contributed by atoms with E-state index in [4.69, 9.17) is 14.5 Å². The number of imidazole rings is 1. The van der Waals surface area contributed by atoms with E-state index in [2.05, 4.69) is 35.9 Å². The van der Waals surface area contributed by atoms with Crippen LogP contribution in [0, 0.1) is 13.8 Å². The Kier molecular flexibility index (Phi) is 7.16. The zero-order valence-electron chi connectivity index (χ0n) is 20.2. The molecule has 3 aromatic carbocycles. The Morgan fingerprint density at radius 1 is 1.03 bits per heavy atom. The third-order valence-electron chi connectivity index (χ3n) is 6.10. The molecular weight excluding hydrogens is 426 g/mol. The molecule has 4 rings (SSSR count). The summed E-state index contributed by atoms with van der Waals surface area (Å²) in [5, 5.41) is 3.10. The molecule has 0 bridgehead atoms. The van der Waals surface area contributed by atoms with Gasteiger partial charge in [0.1, 0.15) is 23.9 Å². The summed E-state index contributed by atoms with van der Waals surface area (Å²) in [7, 11) is 1.63. The number of rotatable bonds is 9. The molecule has 176 valence electrons. The van der Waals surface area contributed by atoms with Gasteiger partial charge in [-0.05, 0) is 67.8 Å². The second-order valence-electron chi connectivity index (χ2n) is 8.47. The van der Waals surface area contributed by atoms with Crippen molar-refractivity contribution in [1.29, 1.82) is 0 Å². The summed E-state index contributed by atoms with van der Waals surface area (Å²) in [6, 6.07) is 21.4. The summed E-state index contributed by atoms with van der Waals surface area (Å²) in [6.45, 7) is 7.25. The summed E-state index contributed by atoms with van der Waals surface area (Å²) >= 11 is 0. The molecule has 0 aliphatic rings. The molecule has 0 fully saturated rings. The molecule has 34 heavy (non-hydrogen) atoms. The molecule has 1 unspecified atom stereocenters. The lowest BCUT2D eigenvalue weighted by Gasteiger charge is -2.17. The molecule has 0 spiro atoms. The number of nitrogens with zero attached hydrogens (tertiary/aromatic N) is 2. The standard InChI is InChI=1S/C28H31N3O3/c1-19-8-7-11-26(20(19)2)34-17-16-31-25-10-6-5-9-24(25)30-28(31)21(3)29-27(32)18-22-12-14-23(33-4)15-13-22/h5-15,21H,16-18H2,1-4H3,(H,29,32). The minimum absolute atomic E-state index is 0.0529. The van der Waals surface area contributed by atoms with E-state index in [-0.39, 0.29) is 11.9 Å². The number of ether oxygens (including phenoxy) is 2. The molecule has 1 amide bonds. The number of para-hydroxylation sites is 2. The Morgan fingerprint density at radius 3 is 2.56 bits per heavy atom. The highest BCUT2D eigenvalue weighted by atomic mass is 16.5. The van der Waals surface area contributed by atoms with Gasteiger partial charge < -0.3 is 19.4 Å². The first-order valence-electron chi connectivity index (χ1n) is 11.5. The Labute approximate surface area is 200 Å². The lowest BCUT2D eigenvalue weighted by atomic mass is 10.1. The van der Waals surface area contributed by atoms with Gasteiger partial charge in [-0.2, -0.15) is 0 Å². The van der Waals surface area contributed by atoms with Gasteiger partial charge in [-0.15, -0.1) is 0 Å². The number of hydrogen-bond donors (Lipinski definition) is 1. The van der Waals surface area contributed by atoms with Gasteiger partial charge in [0.15, 0.2) is 0 Å². The van der Waals surface area contributed by atoms with Crippen molar-refractivity contribution in [3.05, 3.63) is 89.2 Å². The molecule has 0 aliphatic heterocycles. The molecule has 1 N–H and O–H groups in total. The molecule has 6 nitrogen and oxygen atoms in total. The van der Waals surface area contributed by atoms with Crippen molar-refractivity contribution >= 4 is 16.9 Å². The molecule has 0 radical (unpaired) electrons. The maximum Gasteiger partial charge on any atom is 0.224 e. The first kappa shape index (κ1) is 23.4. The van der Waals surface area contributed by atoms with Crippen LogP contribution in [0.5, 0.6) is 11.5 Å². The van der Waals surface area contributed by atoms with Gasteiger partial charge in [-0.25, -0.2) is 4.98 Å².